The zero-order chi connectivity index (χ0) is 27.9. The van der Waals surface area contributed by atoms with Gasteiger partial charge in [-0.3, -0.25) is 14.1 Å². The molecule has 2 unspecified atom stereocenters. The van der Waals surface area contributed by atoms with E-state index in [1.165, 1.54) is 38.5 Å². The Labute approximate surface area is 222 Å². The number of allylic oxidation sites excluding steroid dienone is 2. The first-order chi connectivity index (χ1) is 17.1. The van der Waals surface area contributed by atoms with Crippen molar-refractivity contribution in [2.24, 2.45) is 11.1 Å². The van der Waals surface area contributed by atoms with E-state index in [1.807, 2.05) is 14.1 Å². The number of hydrogen-bond donors (Lipinski definition) is 3. The van der Waals surface area contributed by atoms with Crippen molar-refractivity contribution < 1.29 is 22.6 Å². The minimum absolute atomic E-state index is 0.0291. The van der Waals surface area contributed by atoms with Crippen LogP contribution >= 0.6 is 0 Å². The standard InChI is InChI=1S/C26H49NO5S.C2H7N/c1-4-7-8-9-10-11-12-13-14-15-16-17-18-19-20-21-23(28)24(33(30,31)32)26(6-3,22-5-2)25(27)29;1-3-2/h13-14,24H,4-12,15-22H2,1-3H3,(H2,27,29)(H,30,31,32);3H,1-2H3/b14-13-;. The van der Waals surface area contributed by atoms with E-state index in [0.717, 1.165) is 38.5 Å². The molecule has 7 nitrogen and oxygen atoms in total. The number of nitrogens with one attached hydrogen (secondary N) is 1. The maximum absolute atomic E-state index is 12.8. The second kappa shape index (κ2) is 22.9. The topological polar surface area (TPSA) is 127 Å². The first kappa shape index (κ1) is 36.9. The van der Waals surface area contributed by atoms with Gasteiger partial charge in [-0.1, -0.05) is 90.7 Å². The largest absolute Gasteiger partial charge is 0.369 e. The highest BCUT2D eigenvalue weighted by Crippen LogP contribution is 2.37. The molecule has 0 rings (SSSR count). The van der Waals surface area contributed by atoms with Gasteiger partial charge >= 0.3 is 0 Å². The van der Waals surface area contributed by atoms with Gasteiger partial charge in [0.05, 0.1) is 5.41 Å². The molecule has 0 saturated heterocycles. The molecule has 0 aromatic rings. The molecule has 0 aliphatic rings. The van der Waals surface area contributed by atoms with E-state index in [0.29, 0.717) is 12.8 Å². The molecule has 0 radical (unpaired) electrons. The zero-order valence-electron chi connectivity index (χ0n) is 23.8. The minimum atomic E-state index is -4.73. The van der Waals surface area contributed by atoms with Crippen molar-refractivity contribution in [3.05, 3.63) is 12.2 Å². The number of ketones is 1. The molecule has 0 bridgehead atoms. The van der Waals surface area contributed by atoms with Crippen LogP contribution in [0.3, 0.4) is 0 Å². The third kappa shape index (κ3) is 16.5. The molecule has 0 fully saturated rings. The van der Waals surface area contributed by atoms with Crippen molar-refractivity contribution in [2.45, 2.75) is 135 Å². The van der Waals surface area contributed by atoms with Crippen LogP contribution in [-0.2, 0) is 19.7 Å². The number of amides is 1. The van der Waals surface area contributed by atoms with Crippen LogP contribution in [0.5, 0.6) is 0 Å². The van der Waals surface area contributed by atoms with E-state index in [2.05, 4.69) is 24.4 Å². The smallest absolute Gasteiger partial charge is 0.276 e. The summed E-state index contributed by atoms with van der Waals surface area (Å²) in [6.07, 6.45) is 19.9. The maximum atomic E-state index is 12.8. The highest BCUT2D eigenvalue weighted by molar-refractivity contribution is 7.87. The lowest BCUT2D eigenvalue weighted by atomic mass is 9.74. The summed E-state index contributed by atoms with van der Waals surface area (Å²) in [4.78, 5) is 24.9. The van der Waals surface area contributed by atoms with E-state index in [4.69, 9.17) is 5.73 Å². The molecule has 0 heterocycles. The summed E-state index contributed by atoms with van der Waals surface area (Å²) in [6.45, 7) is 5.66. The fourth-order valence-corrected chi connectivity index (χ4v) is 6.05. The van der Waals surface area contributed by atoms with Crippen LogP contribution in [0.15, 0.2) is 12.2 Å². The summed E-state index contributed by atoms with van der Waals surface area (Å²) in [5.41, 5.74) is 3.96. The Balaban J connectivity index is 0. The summed E-state index contributed by atoms with van der Waals surface area (Å²) in [5, 5.41) is 0.976. The Morgan fingerprint density at radius 2 is 1.28 bits per heavy atom. The van der Waals surface area contributed by atoms with Gasteiger partial charge in [-0.25, -0.2) is 0 Å². The van der Waals surface area contributed by atoms with Crippen molar-refractivity contribution in [2.75, 3.05) is 14.1 Å². The molecular formula is C28H56N2O5S. The van der Waals surface area contributed by atoms with Crippen molar-refractivity contribution in [3.63, 3.8) is 0 Å². The van der Waals surface area contributed by atoms with Gasteiger partial charge in [-0.15, -0.1) is 0 Å². The number of nitrogens with two attached hydrogens (primary N) is 1. The maximum Gasteiger partial charge on any atom is 0.276 e. The summed E-state index contributed by atoms with van der Waals surface area (Å²) in [7, 11) is -0.980. The SMILES string of the molecule is CCCCCCCC/C=C\CCCCCCCC(=O)C(C(CC)(CCC)C(N)=O)S(=O)(=O)O.CNC. The molecule has 0 aliphatic carbocycles. The highest BCUT2D eigenvalue weighted by Gasteiger charge is 2.52. The highest BCUT2D eigenvalue weighted by atomic mass is 32.2. The van der Waals surface area contributed by atoms with Crippen LogP contribution in [0, 0.1) is 5.41 Å². The molecule has 0 aliphatic heterocycles. The molecule has 36 heavy (non-hydrogen) atoms. The third-order valence-corrected chi connectivity index (χ3v) is 7.90. The van der Waals surface area contributed by atoms with Crippen molar-refractivity contribution in [3.8, 4) is 0 Å². The average Bonchev–Trinajstić information content (AvgIpc) is 2.80. The number of carbonyl (C=O) groups is 2. The quantitative estimate of drug-likeness (QED) is 0.0845. The minimum Gasteiger partial charge on any atom is -0.369 e. The van der Waals surface area contributed by atoms with Crippen LogP contribution in [0.2, 0.25) is 0 Å². The predicted octanol–water partition coefficient (Wildman–Crippen LogP) is 6.37. The van der Waals surface area contributed by atoms with Crippen LogP contribution in [0.1, 0.15) is 130 Å². The number of hydrogen-bond acceptors (Lipinski definition) is 5. The predicted molar refractivity (Wildman–Crippen MR) is 152 cm³/mol. The fraction of sp³-hybridized carbons (Fsp3) is 0.857. The molecule has 0 aromatic carbocycles. The third-order valence-electron chi connectivity index (χ3n) is 6.59. The second-order valence-electron chi connectivity index (χ2n) is 9.82. The number of Topliss-reactive ketones (excluding diaryl/α,β-unsaturated/α-hetero) is 1. The molecule has 0 saturated carbocycles. The van der Waals surface area contributed by atoms with Gasteiger partial charge in [-0.2, -0.15) is 8.42 Å². The normalized spacial score (nSPS) is 14.2. The molecule has 0 aromatic heterocycles. The van der Waals surface area contributed by atoms with Crippen molar-refractivity contribution in [1.82, 2.24) is 5.32 Å². The molecule has 214 valence electrons. The van der Waals surface area contributed by atoms with Gasteiger partial charge in [0.1, 0.15) is 0 Å². The Morgan fingerprint density at radius 3 is 1.67 bits per heavy atom. The van der Waals surface area contributed by atoms with E-state index >= 15 is 0 Å². The van der Waals surface area contributed by atoms with E-state index < -0.39 is 32.5 Å². The van der Waals surface area contributed by atoms with Gasteiger partial charge < -0.3 is 11.1 Å². The molecule has 4 N–H and O–H groups in total. The zero-order valence-corrected chi connectivity index (χ0v) is 24.6. The fourth-order valence-electron chi connectivity index (χ4n) is 4.63. The number of carbonyl (C=O) groups excluding carboxylic acids is 2. The Bertz CT molecular complexity index is 694. The first-order valence-electron chi connectivity index (χ1n) is 14.1. The summed E-state index contributed by atoms with van der Waals surface area (Å²) >= 11 is 0. The average molecular weight is 533 g/mol. The van der Waals surface area contributed by atoms with Crippen molar-refractivity contribution in [1.29, 1.82) is 0 Å². The van der Waals surface area contributed by atoms with Crippen LogP contribution < -0.4 is 11.1 Å². The van der Waals surface area contributed by atoms with Gasteiger partial charge in [0, 0.05) is 6.42 Å². The van der Waals surface area contributed by atoms with Crippen LogP contribution in [0.4, 0.5) is 0 Å². The molecule has 8 heteroatoms. The van der Waals surface area contributed by atoms with E-state index in [9.17, 15) is 22.6 Å². The lowest BCUT2D eigenvalue weighted by molar-refractivity contribution is -0.133. The van der Waals surface area contributed by atoms with E-state index in [-0.39, 0.29) is 19.3 Å². The van der Waals surface area contributed by atoms with Crippen molar-refractivity contribution >= 4 is 21.8 Å². The second-order valence-corrected chi connectivity index (χ2v) is 11.3. The summed E-state index contributed by atoms with van der Waals surface area (Å²) < 4.78 is 33.8. The van der Waals surface area contributed by atoms with Gasteiger partial charge in [0.25, 0.3) is 10.1 Å². The molecular weight excluding hydrogens is 476 g/mol. The number of unbranched alkanes of at least 4 members (excludes halogenated alkanes) is 11. The lowest BCUT2D eigenvalue weighted by Crippen LogP contribution is -2.53. The monoisotopic (exact) mass is 532 g/mol. The van der Waals surface area contributed by atoms with Gasteiger partial charge in [-0.05, 0) is 59.0 Å². The van der Waals surface area contributed by atoms with Gasteiger partial charge in [0.2, 0.25) is 5.91 Å². The lowest BCUT2D eigenvalue weighted by Gasteiger charge is -2.34. The molecule has 0 spiro atoms. The number of rotatable bonds is 22. The molecule has 1 amide bonds. The Hall–Kier alpha value is -1.25. The molecule has 2 atom stereocenters. The first-order valence-corrected chi connectivity index (χ1v) is 15.6. The van der Waals surface area contributed by atoms with Crippen LogP contribution in [-0.4, -0.2) is 44.0 Å². The van der Waals surface area contributed by atoms with Gasteiger partial charge in [0.15, 0.2) is 11.0 Å². The Morgan fingerprint density at radius 1 is 0.833 bits per heavy atom. The van der Waals surface area contributed by atoms with Crippen LogP contribution in [0.25, 0.3) is 0 Å². The summed E-state index contributed by atoms with van der Waals surface area (Å²) in [5.74, 6) is -1.45. The van der Waals surface area contributed by atoms with E-state index in [1.54, 1.807) is 13.8 Å². The summed E-state index contributed by atoms with van der Waals surface area (Å²) in [6, 6.07) is 0. The Kier molecular flexibility index (Phi) is 23.5. The number of primary amides is 1.